The molecule has 2 saturated heterocycles. The van der Waals surface area contributed by atoms with Crippen molar-refractivity contribution in [2.75, 3.05) is 19.7 Å². The van der Waals surface area contributed by atoms with Crippen molar-refractivity contribution in [2.45, 2.75) is 52.3 Å². The summed E-state index contributed by atoms with van der Waals surface area (Å²) in [5.74, 6) is 0.687. The molecule has 1 amide bonds. The second-order valence-electron chi connectivity index (χ2n) is 6.31. The number of likely N-dealkylation sites (tertiary alicyclic amines) is 1. The highest BCUT2D eigenvalue weighted by atomic mass is 16.5. The molecule has 0 saturated carbocycles. The summed E-state index contributed by atoms with van der Waals surface area (Å²) in [7, 11) is 0. The molecule has 2 rings (SSSR count). The molecule has 0 aliphatic carbocycles. The summed E-state index contributed by atoms with van der Waals surface area (Å²) < 4.78 is 5.61. The zero-order valence-corrected chi connectivity index (χ0v) is 12.0. The number of morpholine rings is 1. The molecule has 2 bridgehead atoms. The Labute approximate surface area is 110 Å². The summed E-state index contributed by atoms with van der Waals surface area (Å²) in [5, 5.41) is 3.18. The Kier molecular flexibility index (Phi) is 4.28. The molecule has 18 heavy (non-hydrogen) atoms. The van der Waals surface area contributed by atoms with Crippen molar-refractivity contribution in [1.82, 2.24) is 10.2 Å². The van der Waals surface area contributed by atoms with E-state index in [4.69, 9.17) is 4.74 Å². The van der Waals surface area contributed by atoms with Crippen molar-refractivity contribution in [1.29, 1.82) is 0 Å². The first-order valence-corrected chi connectivity index (χ1v) is 7.13. The van der Waals surface area contributed by atoms with Gasteiger partial charge in [-0.1, -0.05) is 27.7 Å². The van der Waals surface area contributed by atoms with Crippen LogP contribution in [0.25, 0.3) is 0 Å². The van der Waals surface area contributed by atoms with Crippen molar-refractivity contribution < 1.29 is 9.53 Å². The van der Waals surface area contributed by atoms with Crippen LogP contribution < -0.4 is 5.32 Å². The van der Waals surface area contributed by atoms with Crippen LogP contribution in [0.5, 0.6) is 0 Å². The average molecular weight is 254 g/mol. The predicted molar refractivity (Wildman–Crippen MR) is 71.3 cm³/mol. The molecule has 0 aromatic carbocycles. The van der Waals surface area contributed by atoms with Gasteiger partial charge in [-0.05, 0) is 12.3 Å². The number of hydrogen-bond donors (Lipinski definition) is 1. The summed E-state index contributed by atoms with van der Waals surface area (Å²) in [4.78, 5) is 14.3. The third kappa shape index (κ3) is 3.04. The monoisotopic (exact) mass is 254 g/mol. The zero-order chi connectivity index (χ0) is 13.3. The van der Waals surface area contributed by atoms with Crippen molar-refractivity contribution in [2.24, 2.45) is 11.8 Å². The van der Waals surface area contributed by atoms with E-state index < -0.39 is 0 Å². The predicted octanol–water partition coefficient (Wildman–Crippen LogP) is 1.26. The van der Waals surface area contributed by atoms with Gasteiger partial charge in [0, 0.05) is 31.1 Å². The van der Waals surface area contributed by atoms with E-state index in [9.17, 15) is 4.79 Å². The van der Waals surface area contributed by atoms with E-state index in [0.29, 0.717) is 18.1 Å². The number of rotatable bonds is 5. The maximum atomic E-state index is 11.8. The molecule has 0 radical (unpaired) electrons. The van der Waals surface area contributed by atoms with Crippen molar-refractivity contribution in [3.8, 4) is 0 Å². The van der Waals surface area contributed by atoms with Crippen molar-refractivity contribution in [3.63, 3.8) is 0 Å². The minimum Gasteiger partial charge on any atom is -0.375 e. The second-order valence-corrected chi connectivity index (χ2v) is 6.31. The topological polar surface area (TPSA) is 41.6 Å². The lowest BCUT2D eigenvalue weighted by Crippen LogP contribution is -2.50. The molecule has 2 fully saturated rings. The minimum atomic E-state index is 0.0598. The molecule has 1 N–H and O–H groups in total. The fourth-order valence-corrected chi connectivity index (χ4v) is 2.73. The Bertz CT molecular complexity index is 304. The number of nitrogens with zero attached hydrogens (tertiary/aromatic N) is 1. The summed E-state index contributed by atoms with van der Waals surface area (Å²) >= 11 is 0. The maximum Gasteiger partial charge on any atom is 0.222 e. The molecule has 2 heterocycles. The Hall–Kier alpha value is -0.610. The largest absolute Gasteiger partial charge is 0.375 e. The highest BCUT2D eigenvalue weighted by Gasteiger charge is 2.40. The van der Waals surface area contributed by atoms with Gasteiger partial charge in [0.05, 0.1) is 12.7 Å². The minimum absolute atomic E-state index is 0.0598. The lowest BCUT2D eigenvalue weighted by molar-refractivity contribution is -0.125. The van der Waals surface area contributed by atoms with E-state index in [1.807, 2.05) is 13.8 Å². The zero-order valence-electron chi connectivity index (χ0n) is 12.0. The highest BCUT2D eigenvalue weighted by Crippen LogP contribution is 2.28. The van der Waals surface area contributed by atoms with Crippen molar-refractivity contribution in [3.05, 3.63) is 0 Å². The lowest BCUT2D eigenvalue weighted by atomic mass is 10.0. The Balaban J connectivity index is 1.88. The molecule has 0 spiro atoms. The van der Waals surface area contributed by atoms with E-state index >= 15 is 0 Å². The van der Waals surface area contributed by atoms with E-state index in [0.717, 1.165) is 19.7 Å². The van der Waals surface area contributed by atoms with E-state index in [1.54, 1.807) is 0 Å². The van der Waals surface area contributed by atoms with Gasteiger partial charge in [-0.25, -0.2) is 0 Å². The van der Waals surface area contributed by atoms with Crippen LogP contribution in [0.4, 0.5) is 0 Å². The first-order valence-electron chi connectivity index (χ1n) is 7.13. The molecule has 1 unspecified atom stereocenters. The molecule has 0 aromatic rings. The van der Waals surface area contributed by atoms with Crippen LogP contribution in [0.1, 0.15) is 34.1 Å². The van der Waals surface area contributed by atoms with Crippen LogP contribution in [0, 0.1) is 11.8 Å². The van der Waals surface area contributed by atoms with Crippen molar-refractivity contribution >= 4 is 5.91 Å². The number of nitrogens with one attached hydrogen (secondary N) is 1. The van der Waals surface area contributed by atoms with Gasteiger partial charge in [0.2, 0.25) is 5.91 Å². The van der Waals surface area contributed by atoms with Gasteiger partial charge in [0.1, 0.15) is 0 Å². The number of carbonyl (C=O) groups excluding carboxylic acids is 1. The maximum absolute atomic E-state index is 11.8. The van der Waals surface area contributed by atoms with Crippen LogP contribution >= 0.6 is 0 Å². The normalized spacial score (nSPS) is 29.2. The first-order chi connectivity index (χ1) is 8.47. The van der Waals surface area contributed by atoms with Crippen LogP contribution in [-0.4, -0.2) is 48.7 Å². The Morgan fingerprint density at radius 2 is 2.11 bits per heavy atom. The lowest BCUT2D eigenvalue weighted by Gasteiger charge is -2.33. The summed E-state index contributed by atoms with van der Waals surface area (Å²) in [6, 6.07) is 0.825. The highest BCUT2D eigenvalue weighted by molar-refractivity contribution is 5.78. The third-order valence-corrected chi connectivity index (χ3v) is 4.10. The van der Waals surface area contributed by atoms with Gasteiger partial charge >= 0.3 is 0 Å². The van der Waals surface area contributed by atoms with Crippen LogP contribution in [-0.2, 0) is 9.53 Å². The first kappa shape index (κ1) is 13.8. The Morgan fingerprint density at radius 1 is 1.39 bits per heavy atom. The number of ether oxygens (including phenoxy) is 1. The standard InChI is InChI=1S/C14H26N2O2/c1-9(2)13(15-14(17)10(3)4)7-16-6-12-5-11(16)8-18-12/h9-13H,5-8H2,1-4H3,(H,15,17)/t11-,12-,13?/m0/s1. The SMILES string of the molecule is CC(C)C(=O)NC(CN1C[C@@H]2C[C@H]1CO2)C(C)C. The van der Waals surface area contributed by atoms with Crippen LogP contribution in [0.15, 0.2) is 0 Å². The van der Waals surface area contributed by atoms with Gasteiger partial charge in [-0.3, -0.25) is 9.69 Å². The molecule has 2 aliphatic heterocycles. The fourth-order valence-electron chi connectivity index (χ4n) is 2.73. The van der Waals surface area contributed by atoms with Gasteiger partial charge in [-0.2, -0.15) is 0 Å². The second kappa shape index (κ2) is 5.57. The number of amides is 1. The quantitative estimate of drug-likeness (QED) is 0.803. The summed E-state index contributed by atoms with van der Waals surface area (Å²) in [6.07, 6.45) is 1.60. The Morgan fingerprint density at radius 3 is 2.56 bits per heavy atom. The molecular weight excluding hydrogens is 228 g/mol. The molecule has 0 aromatic heterocycles. The van der Waals surface area contributed by atoms with E-state index in [-0.39, 0.29) is 17.9 Å². The summed E-state index contributed by atoms with van der Waals surface area (Å²) in [6.45, 7) is 11.1. The van der Waals surface area contributed by atoms with Gasteiger partial charge in [-0.15, -0.1) is 0 Å². The molecular formula is C14H26N2O2. The van der Waals surface area contributed by atoms with Crippen LogP contribution in [0.2, 0.25) is 0 Å². The third-order valence-electron chi connectivity index (χ3n) is 4.10. The number of hydrogen-bond acceptors (Lipinski definition) is 3. The average Bonchev–Trinajstić information content (AvgIpc) is 2.89. The molecule has 4 nitrogen and oxygen atoms in total. The van der Waals surface area contributed by atoms with E-state index in [2.05, 4.69) is 24.1 Å². The molecule has 104 valence electrons. The number of fused-ring (bicyclic) bond motifs is 2. The molecule has 2 aliphatic rings. The van der Waals surface area contributed by atoms with E-state index in [1.165, 1.54) is 6.42 Å². The molecule has 4 heteroatoms. The number of carbonyl (C=O) groups is 1. The summed E-state index contributed by atoms with van der Waals surface area (Å²) in [5.41, 5.74) is 0. The smallest absolute Gasteiger partial charge is 0.222 e. The van der Waals surface area contributed by atoms with Gasteiger partial charge in [0.15, 0.2) is 0 Å². The molecule has 3 atom stereocenters. The van der Waals surface area contributed by atoms with Gasteiger partial charge < -0.3 is 10.1 Å². The fraction of sp³-hybridized carbons (Fsp3) is 0.929. The van der Waals surface area contributed by atoms with Crippen LogP contribution in [0.3, 0.4) is 0 Å². The van der Waals surface area contributed by atoms with Gasteiger partial charge in [0.25, 0.3) is 0 Å².